The third kappa shape index (κ3) is 8.11. The molecule has 3 aromatic carbocycles. The maximum atomic E-state index is 7.21. The van der Waals surface area contributed by atoms with Gasteiger partial charge in [-0.1, -0.05) is 100.0 Å². The van der Waals surface area contributed by atoms with Crippen LogP contribution in [-0.2, 0) is 17.5 Å². The van der Waals surface area contributed by atoms with Gasteiger partial charge in [-0.3, -0.25) is 4.90 Å². The smallest absolute Gasteiger partial charge is 0.261 e. The molecule has 1 aliphatic rings. The average molecular weight is 624 g/mol. The number of nitrogens with one attached hydrogen (secondary N) is 2. The lowest BCUT2D eigenvalue weighted by atomic mass is 10.1. The van der Waals surface area contributed by atoms with E-state index >= 15 is 0 Å². The summed E-state index contributed by atoms with van der Waals surface area (Å²) in [4.78, 5) is 11.9. The van der Waals surface area contributed by atoms with Crippen molar-refractivity contribution in [2.45, 2.75) is 64.6 Å². The zero-order valence-electron chi connectivity index (χ0n) is 27.4. The summed E-state index contributed by atoms with van der Waals surface area (Å²) in [6.45, 7) is 12.1. The quantitative estimate of drug-likeness (QED) is 0.147. The highest BCUT2D eigenvalue weighted by atomic mass is 28.4. The minimum atomic E-state index is -2.55. The van der Waals surface area contributed by atoms with E-state index in [1.165, 1.54) is 28.8 Å². The standard InChI is InChI=1S/C37H49N5O2Si/c1-37(2,3)45(32-15-8-5-9-16-32,33-17-10-6-11-18-33)44-26-14-25-42-24-13-7-12-23-38-35-34(28-42)36(41-29-40-35)39-27-30-19-21-31(43-4)22-20-30/h5-6,8-11,15-22,29H,7,12-14,23-28H2,1-4H3,(H2,38,39,40,41). The molecule has 238 valence electrons. The van der Waals surface area contributed by atoms with Crippen LogP contribution in [0, 0.1) is 0 Å². The van der Waals surface area contributed by atoms with E-state index in [0.29, 0.717) is 13.2 Å². The molecule has 0 bridgehead atoms. The third-order valence-electron chi connectivity index (χ3n) is 8.74. The van der Waals surface area contributed by atoms with Gasteiger partial charge in [0.15, 0.2) is 0 Å². The largest absolute Gasteiger partial charge is 0.497 e. The topological polar surface area (TPSA) is 71.5 Å². The van der Waals surface area contributed by atoms with Gasteiger partial charge in [0, 0.05) is 32.8 Å². The van der Waals surface area contributed by atoms with Crippen LogP contribution in [0.1, 0.15) is 57.6 Å². The number of fused-ring (bicyclic) bond motifs is 1. The molecule has 0 saturated carbocycles. The van der Waals surface area contributed by atoms with Crippen molar-refractivity contribution >= 4 is 30.3 Å². The Hall–Kier alpha value is -3.72. The molecule has 0 atom stereocenters. The summed E-state index contributed by atoms with van der Waals surface area (Å²) in [5.41, 5.74) is 2.30. The monoisotopic (exact) mass is 623 g/mol. The van der Waals surface area contributed by atoms with Gasteiger partial charge >= 0.3 is 0 Å². The van der Waals surface area contributed by atoms with E-state index in [4.69, 9.17) is 14.1 Å². The second-order valence-corrected chi connectivity index (χ2v) is 17.2. The first kappa shape index (κ1) is 32.7. The van der Waals surface area contributed by atoms with E-state index in [2.05, 4.69) is 114 Å². The SMILES string of the molecule is COc1ccc(CNc2ncnc3c2CN(CCCO[Si](c2ccccc2)(c2ccccc2)C(C)(C)C)CCCCCN3)cc1. The predicted molar refractivity (Wildman–Crippen MR) is 188 cm³/mol. The van der Waals surface area contributed by atoms with E-state index in [-0.39, 0.29) is 5.04 Å². The van der Waals surface area contributed by atoms with Crippen molar-refractivity contribution in [3.8, 4) is 5.75 Å². The van der Waals surface area contributed by atoms with Crippen LogP contribution in [-0.4, -0.2) is 56.5 Å². The first-order valence-electron chi connectivity index (χ1n) is 16.3. The first-order chi connectivity index (χ1) is 21.9. The van der Waals surface area contributed by atoms with Gasteiger partial charge in [-0.05, 0) is 58.9 Å². The summed E-state index contributed by atoms with van der Waals surface area (Å²) >= 11 is 0. The Bertz CT molecular complexity index is 1420. The Labute approximate surface area is 270 Å². The van der Waals surface area contributed by atoms with E-state index in [9.17, 15) is 0 Å². The predicted octanol–water partition coefficient (Wildman–Crippen LogP) is 6.46. The molecule has 0 saturated heterocycles. The summed E-state index contributed by atoms with van der Waals surface area (Å²) in [5.74, 6) is 2.67. The van der Waals surface area contributed by atoms with Crippen molar-refractivity contribution in [3.63, 3.8) is 0 Å². The summed E-state index contributed by atoms with van der Waals surface area (Å²) in [6.07, 6.45) is 6.12. The molecule has 1 aromatic heterocycles. The van der Waals surface area contributed by atoms with Crippen LogP contribution < -0.4 is 25.7 Å². The zero-order valence-corrected chi connectivity index (χ0v) is 28.4. The zero-order chi connectivity index (χ0) is 31.5. The van der Waals surface area contributed by atoms with Gasteiger partial charge in [-0.25, -0.2) is 9.97 Å². The number of hydrogen-bond donors (Lipinski definition) is 2. The fraction of sp³-hybridized carbons (Fsp3) is 0.405. The molecule has 0 unspecified atom stereocenters. The lowest BCUT2D eigenvalue weighted by Crippen LogP contribution is -2.66. The second-order valence-electron chi connectivity index (χ2n) is 12.9. The van der Waals surface area contributed by atoms with E-state index in [1.807, 2.05) is 12.1 Å². The summed E-state index contributed by atoms with van der Waals surface area (Å²) in [7, 11) is -0.859. The first-order valence-corrected chi connectivity index (χ1v) is 18.2. The van der Waals surface area contributed by atoms with Gasteiger partial charge in [0.25, 0.3) is 8.32 Å². The van der Waals surface area contributed by atoms with Crippen LogP contribution in [0.5, 0.6) is 5.75 Å². The Kier molecular flexibility index (Phi) is 11.3. The number of aromatic nitrogens is 2. The van der Waals surface area contributed by atoms with Crippen LogP contribution in [0.2, 0.25) is 5.04 Å². The van der Waals surface area contributed by atoms with Gasteiger partial charge in [-0.15, -0.1) is 0 Å². The molecule has 45 heavy (non-hydrogen) atoms. The summed E-state index contributed by atoms with van der Waals surface area (Å²) < 4.78 is 12.5. The third-order valence-corrected chi connectivity index (χ3v) is 13.8. The highest BCUT2D eigenvalue weighted by Crippen LogP contribution is 2.37. The minimum absolute atomic E-state index is 0.0290. The molecule has 0 radical (unpaired) electrons. The Balaban J connectivity index is 1.32. The van der Waals surface area contributed by atoms with Crippen LogP contribution in [0.15, 0.2) is 91.3 Å². The Morgan fingerprint density at radius 2 is 1.56 bits per heavy atom. The molecule has 2 heterocycles. The normalized spacial score (nSPS) is 14.7. The van der Waals surface area contributed by atoms with Crippen molar-refractivity contribution in [1.82, 2.24) is 14.9 Å². The molecule has 0 spiro atoms. The number of methoxy groups -OCH3 is 1. The number of nitrogens with zero attached hydrogens (tertiary/aromatic N) is 3. The van der Waals surface area contributed by atoms with Gasteiger partial charge in [-0.2, -0.15) is 0 Å². The van der Waals surface area contributed by atoms with Gasteiger partial charge < -0.3 is 19.8 Å². The lowest BCUT2D eigenvalue weighted by Gasteiger charge is -2.43. The fourth-order valence-electron chi connectivity index (χ4n) is 6.41. The molecule has 2 N–H and O–H groups in total. The molecular weight excluding hydrogens is 575 g/mol. The number of benzene rings is 3. The van der Waals surface area contributed by atoms with Gasteiger partial charge in [0.2, 0.25) is 0 Å². The maximum absolute atomic E-state index is 7.21. The molecular formula is C37H49N5O2Si. The molecule has 1 aliphatic heterocycles. The van der Waals surface area contributed by atoms with E-state index < -0.39 is 8.32 Å². The Morgan fingerprint density at radius 3 is 2.20 bits per heavy atom. The van der Waals surface area contributed by atoms with Crippen molar-refractivity contribution < 1.29 is 9.16 Å². The molecule has 0 aliphatic carbocycles. The van der Waals surface area contributed by atoms with Gasteiger partial charge in [0.1, 0.15) is 23.7 Å². The molecule has 8 heteroatoms. The summed E-state index contributed by atoms with van der Waals surface area (Å²) in [5, 5.41) is 9.81. The number of ether oxygens (including phenoxy) is 1. The van der Waals surface area contributed by atoms with E-state index in [1.54, 1.807) is 13.4 Å². The molecule has 5 rings (SSSR count). The number of rotatable bonds is 11. The van der Waals surface area contributed by atoms with Crippen molar-refractivity contribution in [1.29, 1.82) is 0 Å². The van der Waals surface area contributed by atoms with Crippen LogP contribution in [0.4, 0.5) is 11.6 Å². The van der Waals surface area contributed by atoms with Crippen LogP contribution >= 0.6 is 0 Å². The highest BCUT2D eigenvalue weighted by molar-refractivity contribution is 6.99. The van der Waals surface area contributed by atoms with Gasteiger partial charge in [0.05, 0.1) is 12.7 Å². The molecule has 0 amide bonds. The van der Waals surface area contributed by atoms with Crippen molar-refractivity contribution in [2.75, 3.05) is 44.0 Å². The van der Waals surface area contributed by atoms with Crippen molar-refractivity contribution in [2.24, 2.45) is 0 Å². The van der Waals surface area contributed by atoms with Crippen LogP contribution in [0.25, 0.3) is 0 Å². The second kappa shape index (κ2) is 15.5. The average Bonchev–Trinajstić information content (AvgIpc) is 3.06. The fourth-order valence-corrected chi connectivity index (χ4v) is 11.0. The van der Waals surface area contributed by atoms with E-state index in [0.717, 1.165) is 62.0 Å². The Morgan fingerprint density at radius 1 is 0.867 bits per heavy atom. The number of anilines is 2. The molecule has 4 aromatic rings. The number of hydrogen-bond acceptors (Lipinski definition) is 7. The lowest BCUT2D eigenvalue weighted by molar-refractivity contribution is 0.219. The molecule has 0 fully saturated rings. The van der Waals surface area contributed by atoms with Crippen molar-refractivity contribution in [3.05, 3.63) is 102 Å². The van der Waals surface area contributed by atoms with Crippen LogP contribution in [0.3, 0.4) is 0 Å². The summed E-state index contributed by atoms with van der Waals surface area (Å²) in [6, 6.07) is 30.0. The minimum Gasteiger partial charge on any atom is -0.497 e. The maximum Gasteiger partial charge on any atom is 0.261 e. The highest BCUT2D eigenvalue weighted by Gasteiger charge is 2.49. The molecule has 7 nitrogen and oxygen atoms in total.